The van der Waals surface area contributed by atoms with E-state index in [0.29, 0.717) is 54.6 Å². The first kappa shape index (κ1) is 58.3. The monoisotopic (exact) mass is 1060 g/mol. The molecule has 0 saturated heterocycles. The normalized spacial score (nSPS) is 15.3. The van der Waals surface area contributed by atoms with Gasteiger partial charge in [0.2, 0.25) is 35.4 Å². The van der Waals surface area contributed by atoms with Gasteiger partial charge in [-0.25, -0.2) is 14.6 Å². The number of aromatic nitrogens is 3. The average Bonchev–Trinajstić information content (AvgIpc) is 4.06. The number of aromatic amines is 2. The minimum absolute atomic E-state index is 0.0328. The number of urea groups is 1. The fourth-order valence-corrected chi connectivity index (χ4v) is 8.85. The highest BCUT2D eigenvalue weighted by Crippen LogP contribution is 2.26. The number of carbonyl (C=O) groups excluding carboxylic acids is 7. The van der Waals surface area contributed by atoms with Crippen molar-refractivity contribution < 1.29 is 53.4 Å². The average molecular weight is 1060 g/mol. The van der Waals surface area contributed by atoms with Crippen LogP contribution in [0.5, 0.6) is 0 Å². The van der Waals surface area contributed by atoms with E-state index in [0.717, 1.165) is 10.9 Å². The van der Waals surface area contributed by atoms with Gasteiger partial charge in [0.1, 0.15) is 42.3 Å². The maximum atomic E-state index is 15.1. The second-order valence-electron chi connectivity index (χ2n) is 18.5. The van der Waals surface area contributed by atoms with E-state index >= 15 is 4.79 Å². The number of guanidine groups is 1. The lowest BCUT2D eigenvalue weighted by Gasteiger charge is -2.38. The Morgan fingerprint density at radius 3 is 1.99 bits per heavy atom. The van der Waals surface area contributed by atoms with Crippen molar-refractivity contribution in [2.24, 2.45) is 27.9 Å². The Kier molecular flexibility index (Phi) is 22.1. The van der Waals surface area contributed by atoms with Crippen molar-refractivity contribution in [1.82, 2.24) is 51.8 Å². The molecule has 2 aromatic heterocycles. The molecule has 7 atom stereocenters. The highest BCUT2D eigenvalue weighted by Gasteiger charge is 2.41. The molecule has 76 heavy (non-hydrogen) atoms. The maximum Gasteiger partial charge on any atom is 0.326 e. The Bertz CT molecular complexity index is 2690. The number of fused-ring (bicyclic) bond motifs is 2. The van der Waals surface area contributed by atoms with E-state index in [4.69, 9.17) is 22.9 Å². The van der Waals surface area contributed by atoms with Gasteiger partial charge < -0.3 is 79.9 Å². The van der Waals surface area contributed by atoms with Gasteiger partial charge in [-0.1, -0.05) is 62.2 Å². The zero-order valence-corrected chi connectivity index (χ0v) is 42.2. The highest BCUT2D eigenvalue weighted by atomic mass is 16.4. The minimum atomic E-state index is -1.76. The van der Waals surface area contributed by atoms with Crippen LogP contribution in [-0.2, 0) is 64.2 Å². The topological polar surface area (TPSA) is 430 Å². The Labute approximate surface area is 437 Å². The van der Waals surface area contributed by atoms with Crippen LogP contribution in [0.25, 0.3) is 10.9 Å². The highest BCUT2D eigenvalue weighted by molar-refractivity contribution is 5.99. The number of aliphatic imine (C=N–C) groups is 1. The number of nitrogens with zero attached hydrogens (tertiary/aromatic N) is 3. The van der Waals surface area contributed by atoms with Crippen LogP contribution < -0.4 is 54.8 Å². The molecule has 2 aromatic carbocycles. The smallest absolute Gasteiger partial charge is 0.326 e. The molecule has 3 heterocycles. The van der Waals surface area contributed by atoms with Gasteiger partial charge in [-0.3, -0.25) is 38.6 Å². The maximum absolute atomic E-state index is 15.1. The molecule has 0 spiro atoms. The summed E-state index contributed by atoms with van der Waals surface area (Å²) in [5, 5.41) is 36.0. The molecule has 5 rings (SSSR count). The largest absolute Gasteiger partial charge is 0.481 e. The Morgan fingerprint density at radius 1 is 0.711 bits per heavy atom. The lowest BCUT2D eigenvalue weighted by Crippen LogP contribution is -2.62. The number of unbranched alkanes of at least 4 members (excludes halogenated alkanes) is 2. The number of hydrogen-bond donors (Lipinski definition) is 14. The number of carboxylic acid groups (broad SMARTS) is 2. The number of amides is 8. The summed E-state index contributed by atoms with van der Waals surface area (Å²) in [6, 6.07) is 3.34. The van der Waals surface area contributed by atoms with E-state index in [1.165, 1.54) is 17.4 Å². The van der Waals surface area contributed by atoms with Gasteiger partial charge in [-0.2, -0.15) is 0 Å². The molecule has 410 valence electrons. The number of aliphatic carboxylic acids is 2. The molecule has 26 heteroatoms. The number of primary amides is 1. The predicted molar refractivity (Wildman–Crippen MR) is 277 cm³/mol. The number of nitrogens with two attached hydrogens (primary N) is 4. The van der Waals surface area contributed by atoms with E-state index in [2.05, 4.69) is 51.8 Å². The number of nitrogens with one attached hydrogen (secondary N) is 8. The third-order valence-electron chi connectivity index (χ3n) is 12.8. The molecule has 18 N–H and O–H groups in total. The number of H-pyrrole nitrogens is 2. The Morgan fingerprint density at radius 2 is 1.33 bits per heavy atom. The van der Waals surface area contributed by atoms with E-state index < -0.39 is 102 Å². The summed E-state index contributed by atoms with van der Waals surface area (Å²) in [6.07, 6.45) is 5.31. The molecule has 0 saturated carbocycles. The van der Waals surface area contributed by atoms with Crippen LogP contribution in [0, 0.1) is 0 Å². The number of hydrogen-bond acceptors (Lipinski definition) is 12. The standard InChI is InChI=1S/C50H69N15O11/c1-2-3-14-35(64-50(54)76)43(69)62-38(23-41(66)67)45(71)63-39(22-31-25-55-27-58-31)47(73)65-26-29-12-5-4-11-28(29)21-40(65)46(72)59-34(17-10-19-56-49(52)53)42(68)61-37(20-30-24-57-33-15-7-6-13-32(30)33)44(70)60-36(48(74)75)16-8-9-18-51/h4-7,11-13,15,24-25,27,34-40,57H,2-3,8-10,14,16-23,26,51H2,1H3,(H,55,58)(H,59,72)(H,60,70)(H,61,68)(H,62,69)(H,63,71)(H,66,67)(H,74,75)(H4,52,53,56)(H3,54,64,76)/t34-,35-,36-,37-,38-,39-,40+/m0/s1. The van der Waals surface area contributed by atoms with Crippen molar-refractivity contribution in [2.45, 2.75) is 133 Å². The summed E-state index contributed by atoms with van der Waals surface area (Å²) < 4.78 is 0. The van der Waals surface area contributed by atoms with Gasteiger partial charge in [0.15, 0.2) is 5.96 Å². The quantitative estimate of drug-likeness (QED) is 0.0170. The molecule has 1 aliphatic heterocycles. The summed E-state index contributed by atoms with van der Waals surface area (Å²) in [6.45, 7) is 2.02. The molecule has 8 amide bonds. The van der Waals surface area contributed by atoms with Crippen molar-refractivity contribution in [3.05, 3.63) is 89.6 Å². The predicted octanol–water partition coefficient (Wildman–Crippen LogP) is -0.977. The number of para-hydroxylation sites is 1. The van der Waals surface area contributed by atoms with Gasteiger partial charge in [-0.05, 0) is 67.8 Å². The molecule has 1 aliphatic rings. The SMILES string of the molecule is CCCC[C@H](NC(N)=O)C(=O)N[C@@H](CC(=O)O)C(=O)N[C@@H](Cc1cnc[nH]1)C(=O)N1Cc2ccccc2C[C@@H]1C(=O)N[C@@H](CCCN=C(N)N)C(=O)N[C@@H](Cc1c[nH]c2ccccc12)C(=O)N[C@@H](CCCCN)C(=O)O. The zero-order chi connectivity index (χ0) is 55.3. The fraction of sp³-hybridized carbons (Fsp3) is 0.460. The fourth-order valence-electron chi connectivity index (χ4n) is 8.85. The van der Waals surface area contributed by atoms with Crippen LogP contribution in [0.2, 0.25) is 0 Å². The molecular formula is C50H69N15O11. The van der Waals surface area contributed by atoms with Gasteiger partial charge in [0, 0.05) is 61.3 Å². The summed E-state index contributed by atoms with van der Waals surface area (Å²) in [5.74, 6) is -8.20. The molecule has 0 aliphatic carbocycles. The third kappa shape index (κ3) is 17.3. The van der Waals surface area contributed by atoms with Gasteiger partial charge in [-0.15, -0.1) is 0 Å². The van der Waals surface area contributed by atoms with Crippen molar-refractivity contribution in [3.63, 3.8) is 0 Å². The number of benzene rings is 2. The van der Waals surface area contributed by atoms with Gasteiger partial charge in [0.25, 0.3) is 0 Å². The van der Waals surface area contributed by atoms with E-state index in [9.17, 15) is 48.6 Å². The van der Waals surface area contributed by atoms with Crippen LogP contribution in [-0.4, -0.2) is 145 Å². The first-order valence-corrected chi connectivity index (χ1v) is 25.1. The molecular weight excluding hydrogens is 987 g/mol. The van der Waals surface area contributed by atoms with Crippen molar-refractivity contribution in [2.75, 3.05) is 13.1 Å². The van der Waals surface area contributed by atoms with E-state index in [1.807, 2.05) is 25.1 Å². The minimum Gasteiger partial charge on any atom is -0.481 e. The molecule has 0 unspecified atom stereocenters. The van der Waals surface area contributed by atoms with Crippen LogP contribution in [0.4, 0.5) is 4.79 Å². The molecule has 0 radical (unpaired) electrons. The molecule has 0 fully saturated rings. The Balaban J connectivity index is 1.47. The number of rotatable bonds is 30. The van der Waals surface area contributed by atoms with Crippen molar-refractivity contribution in [3.8, 4) is 0 Å². The Hall–Kier alpha value is -8.55. The van der Waals surface area contributed by atoms with Crippen LogP contribution in [0.1, 0.15) is 87.1 Å². The summed E-state index contributed by atoms with van der Waals surface area (Å²) in [4.78, 5) is 138. The number of imidazole rings is 1. The third-order valence-corrected chi connectivity index (χ3v) is 12.8. The molecule has 0 bridgehead atoms. The number of carbonyl (C=O) groups is 9. The van der Waals surface area contributed by atoms with Crippen molar-refractivity contribution >= 4 is 70.3 Å². The van der Waals surface area contributed by atoms with Crippen LogP contribution in [0.15, 0.2) is 72.2 Å². The zero-order valence-electron chi connectivity index (χ0n) is 42.2. The van der Waals surface area contributed by atoms with E-state index in [-0.39, 0.29) is 64.0 Å². The number of carboxylic acids is 2. The second kappa shape index (κ2) is 28.8. The first-order chi connectivity index (χ1) is 36.4. The van der Waals surface area contributed by atoms with Crippen LogP contribution in [0.3, 0.4) is 0 Å². The lowest BCUT2D eigenvalue weighted by molar-refractivity contribution is -0.146. The lowest BCUT2D eigenvalue weighted by atomic mass is 9.92. The van der Waals surface area contributed by atoms with E-state index in [1.54, 1.807) is 36.5 Å². The first-order valence-electron chi connectivity index (χ1n) is 25.1. The summed E-state index contributed by atoms with van der Waals surface area (Å²) in [5.41, 5.74) is 25.2. The molecule has 4 aromatic rings. The van der Waals surface area contributed by atoms with Crippen LogP contribution >= 0.6 is 0 Å². The second-order valence-corrected chi connectivity index (χ2v) is 18.5. The molecule has 26 nitrogen and oxygen atoms in total. The van der Waals surface area contributed by atoms with Crippen molar-refractivity contribution in [1.29, 1.82) is 0 Å². The summed E-state index contributed by atoms with van der Waals surface area (Å²) in [7, 11) is 0. The summed E-state index contributed by atoms with van der Waals surface area (Å²) >= 11 is 0. The van der Waals surface area contributed by atoms with Gasteiger partial charge >= 0.3 is 18.0 Å². The van der Waals surface area contributed by atoms with Gasteiger partial charge in [0.05, 0.1) is 12.7 Å².